The van der Waals surface area contributed by atoms with Gasteiger partial charge in [0.2, 0.25) is 0 Å². The van der Waals surface area contributed by atoms with E-state index in [-0.39, 0.29) is 12.2 Å². The minimum Gasteiger partial charge on any atom is -0.508 e. The summed E-state index contributed by atoms with van der Waals surface area (Å²) in [6.45, 7) is 1.37. The second-order valence-corrected chi connectivity index (χ2v) is 6.12. The van der Waals surface area contributed by atoms with E-state index in [1.54, 1.807) is 0 Å². The van der Waals surface area contributed by atoms with Crippen LogP contribution in [0.5, 0.6) is 5.75 Å². The Labute approximate surface area is 139 Å². The summed E-state index contributed by atoms with van der Waals surface area (Å²) in [6.07, 6.45) is -0.360. The highest BCUT2D eigenvalue weighted by Crippen LogP contribution is 2.46. The van der Waals surface area contributed by atoms with Gasteiger partial charge in [0.15, 0.2) is 5.78 Å². The number of phenols is 1. The van der Waals surface area contributed by atoms with E-state index >= 15 is 0 Å². The zero-order chi connectivity index (χ0) is 18.1. The summed E-state index contributed by atoms with van der Waals surface area (Å²) < 4.78 is 9.51. The van der Waals surface area contributed by atoms with Gasteiger partial charge in [-0.3, -0.25) is 14.4 Å². The van der Waals surface area contributed by atoms with Crippen LogP contribution in [0.4, 0.5) is 0 Å². The Morgan fingerprint density at radius 3 is 2.17 bits per heavy atom. The van der Waals surface area contributed by atoms with Crippen LogP contribution in [0, 0.1) is 11.8 Å². The van der Waals surface area contributed by atoms with Gasteiger partial charge in [0.25, 0.3) is 0 Å². The van der Waals surface area contributed by atoms with Crippen molar-refractivity contribution in [3.05, 3.63) is 29.8 Å². The van der Waals surface area contributed by atoms with E-state index in [2.05, 4.69) is 0 Å². The molecule has 4 atom stereocenters. The molecule has 4 unspecified atom stereocenters. The van der Waals surface area contributed by atoms with Crippen molar-refractivity contribution in [2.75, 3.05) is 14.2 Å². The Balaban J connectivity index is 2.63. The van der Waals surface area contributed by atoms with E-state index in [0.29, 0.717) is 5.56 Å². The smallest absolute Gasteiger partial charge is 0.316 e. The van der Waals surface area contributed by atoms with Crippen molar-refractivity contribution in [1.82, 2.24) is 0 Å². The highest BCUT2D eigenvalue weighted by molar-refractivity contribution is 6.02. The fraction of sp³-hybridized carbons (Fsp3) is 0.471. The second-order valence-electron chi connectivity index (χ2n) is 6.12. The molecule has 0 aliphatic heterocycles. The molecule has 7 heteroatoms. The molecule has 1 saturated carbocycles. The topological polar surface area (TPSA) is 110 Å². The molecule has 0 spiro atoms. The largest absolute Gasteiger partial charge is 0.508 e. The summed E-state index contributed by atoms with van der Waals surface area (Å²) in [4.78, 5) is 36.9. The maximum atomic E-state index is 12.5. The van der Waals surface area contributed by atoms with E-state index in [0.717, 1.165) is 7.11 Å². The molecule has 0 saturated heterocycles. The number of ketones is 1. The van der Waals surface area contributed by atoms with Crippen LogP contribution in [-0.4, -0.2) is 47.8 Å². The van der Waals surface area contributed by atoms with Gasteiger partial charge in [0, 0.05) is 12.3 Å². The molecule has 2 rings (SSSR count). The van der Waals surface area contributed by atoms with Crippen molar-refractivity contribution in [2.24, 2.45) is 11.8 Å². The van der Waals surface area contributed by atoms with Crippen LogP contribution < -0.4 is 0 Å². The van der Waals surface area contributed by atoms with Crippen LogP contribution in [-0.2, 0) is 23.9 Å². The summed E-state index contributed by atoms with van der Waals surface area (Å²) in [5.74, 6) is -5.33. The van der Waals surface area contributed by atoms with Crippen molar-refractivity contribution in [2.45, 2.75) is 24.9 Å². The Hall–Kier alpha value is -2.41. The number of aromatic hydroxyl groups is 1. The monoisotopic (exact) mass is 336 g/mol. The van der Waals surface area contributed by atoms with Crippen molar-refractivity contribution >= 4 is 17.7 Å². The van der Waals surface area contributed by atoms with Gasteiger partial charge in [-0.05, 0) is 24.6 Å². The first kappa shape index (κ1) is 17.9. The van der Waals surface area contributed by atoms with Gasteiger partial charge in [0.05, 0.1) is 25.7 Å². The molecule has 1 fully saturated rings. The van der Waals surface area contributed by atoms with Crippen LogP contribution in [0.15, 0.2) is 24.3 Å². The lowest BCUT2D eigenvalue weighted by Crippen LogP contribution is -2.55. The number of rotatable bonds is 3. The summed E-state index contributed by atoms with van der Waals surface area (Å²) in [6, 6.07) is 5.76. The van der Waals surface area contributed by atoms with Crippen LogP contribution in [0.3, 0.4) is 0 Å². The molecular weight excluding hydrogens is 316 g/mol. The van der Waals surface area contributed by atoms with Gasteiger partial charge in [-0.25, -0.2) is 0 Å². The Kier molecular flexibility index (Phi) is 4.94. The average molecular weight is 336 g/mol. The van der Waals surface area contributed by atoms with E-state index < -0.39 is 41.1 Å². The molecule has 7 nitrogen and oxygen atoms in total. The quantitative estimate of drug-likeness (QED) is 0.620. The minimum atomic E-state index is -1.67. The number of esters is 2. The maximum absolute atomic E-state index is 12.5. The Morgan fingerprint density at radius 1 is 1.12 bits per heavy atom. The molecular formula is C17H20O7. The average Bonchev–Trinajstić information content (AvgIpc) is 2.53. The first-order valence-electron chi connectivity index (χ1n) is 7.42. The number of ether oxygens (including phenoxy) is 2. The number of methoxy groups -OCH3 is 2. The molecule has 0 bridgehead atoms. The van der Waals surface area contributed by atoms with Crippen LogP contribution in [0.25, 0.3) is 0 Å². The third-order valence-corrected chi connectivity index (χ3v) is 4.46. The Morgan fingerprint density at radius 2 is 1.67 bits per heavy atom. The van der Waals surface area contributed by atoms with Gasteiger partial charge >= 0.3 is 11.9 Å². The third kappa shape index (κ3) is 3.12. The number of hydrogen-bond donors (Lipinski definition) is 2. The molecule has 0 radical (unpaired) electrons. The summed E-state index contributed by atoms with van der Waals surface area (Å²) in [7, 11) is 2.33. The minimum absolute atomic E-state index is 0.00289. The van der Waals surface area contributed by atoms with Crippen LogP contribution in [0.2, 0.25) is 0 Å². The van der Waals surface area contributed by atoms with Crippen molar-refractivity contribution in [1.29, 1.82) is 0 Å². The van der Waals surface area contributed by atoms with Gasteiger partial charge in [-0.2, -0.15) is 0 Å². The number of carbonyl (C=O) groups is 3. The molecule has 2 N–H and O–H groups in total. The molecule has 0 amide bonds. The predicted molar refractivity (Wildman–Crippen MR) is 82.1 cm³/mol. The molecule has 130 valence electrons. The van der Waals surface area contributed by atoms with E-state index in [9.17, 15) is 24.6 Å². The fourth-order valence-corrected chi connectivity index (χ4v) is 3.37. The molecule has 1 aromatic carbocycles. The molecule has 1 aromatic rings. The van der Waals surface area contributed by atoms with Crippen LogP contribution in [0.1, 0.15) is 24.8 Å². The number of aliphatic hydroxyl groups is 1. The zero-order valence-corrected chi connectivity index (χ0v) is 13.7. The van der Waals surface area contributed by atoms with E-state index in [1.807, 2.05) is 0 Å². The Bertz CT molecular complexity index is 647. The molecule has 0 aromatic heterocycles. The van der Waals surface area contributed by atoms with Gasteiger partial charge in [0.1, 0.15) is 11.7 Å². The summed E-state index contributed by atoms with van der Waals surface area (Å²) in [5, 5.41) is 20.1. The number of phenolic OH excluding ortho intramolecular Hbond substituents is 1. The summed E-state index contributed by atoms with van der Waals surface area (Å²) in [5.41, 5.74) is -1.22. The van der Waals surface area contributed by atoms with Gasteiger partial charge < -0.3 is 19.7 Å². The van der Waals surface area contributed by atoms with Crippen molar-refractivity contribution < 1.29 is 34.1 Å². The lowest BCUT2D eigenvalue weighted by molar-refractivity contribution is -0.170. The maximum Gasteiger partial charge on any atom is 0.316 e. The molecule has 0 heterocycles. The highest BCUT2D eigenvalue weighted by Gasteiger charge is 2.56. The van der Waals surface area contributed by atoms with Crippen molar-refractivity contribution in [3.63, 3.8) is 0 Å². The third-order valence-electron chi connectivity index (χ3n) is 4.46. The zero-order valence-electron chi connectivity index (χ0n) is 13.7. The van der Waals surface area contributed by atoms with Crippen molar-refractivity contribution in [3.8, 4) is 5.75 Å². The summed E-state index contributed by atoms with van der Waals surface area (Å²) >= 11 is 0. The van der Waals surface area contributed by atoms with Crippen LogP contribution >= 0.6 is 0 Å². The number of carbonyl (C=O) groups excluding carboxylic acids is 3. The number of benzene rings is 1. The lowest BCUT2D eigenvalue weighted by atomic mass is 9.62. The SMILES string of the molecule is COC(=O)C1C(=O)CC(C)(O)C(C(=O)OC)C1c1ccc(O)cc1. The first-order chi connectivity index (χ1) is 11.2. The highest BCUT2D eigenvalue weighted by atomic mass is 16.5. The fourth-order valence-electron chi connectivity index (χ4n) is 3.37. The normalized spacial score (nSPS) is 29.8. The predicted octanol–water partition coefficient (Wildman–Crippen LogP) is 0.778. The van der Waals surface area contributed by atoms with Gasteiger partial charge in [-0.15, -0.1) is 0 Å². The first-order valence-corrected chi connectivity index (χ1v) is 7.42. The molecule has 1 aliphatic rings. The second kappa shape index (κ2) is 6.60. The standard InChI is InChI=1S/C17H20O7/c1-17(22)8-11(19)13(15(20)23-2)12(14(17)16(21)24-3)9-4-6-10(18)7-5-9/h4-7,12-14,18,22H,8H2,1-3H3. The molecule has 1 aliphatic carbocycles. The number of hydrogen-bond acceptors (Lipinski definition) is 7. The van der Waals surface area contributed by atoms with E-state index in [1.165, 1.54) is 38.3 Å². The number of Topliss-reactive ketones (excluding diaryl/α,β-unsaturated/α-hetero) is 1. The molecule has 24 heavy (non-hydrogen) atoms. The lowest BCUT2D eigenvalue weighted by Gasteiger charge is -2.43. The van der Waals surface area contributed by atoms with Gasteiger partial charge in [-0.1, -0.05) is 12.1 Å². The van der Waals surface area contributed by atoms with E-state index in [4.69, 9.17) is 9.47 Å².